The number of ketones is 1. The minimum Gasteiger partial charge on any atom is -0.481 e. The molecule has 1 aliphatic carbocycles. The van der Waals surface area contributed by atoms with E-state index in [4.69, 9.17) is 5.11 Å². The number of carbonyl (C=O) groups is 2. The fourth-order valence-corrected chi connectivity index (χ4v) is 2.25. The van der Waals surface area contributed by atoms with Gasteiger partial charge in [0.25, 0.3) is 0 Å². The van der Waals surface area contributed by atoms with E-state index in [1.54, 1.807) is 0 Å². The van der Waals surface area contributed by atoms with Crippen LogP contribution in [0.4, 0.5) is 0 Å². The lowest BCUT2D eigenvalue weighted by atomic mass is 10.0. The van der Waals surface area contributed by atoms with Crippen LogP contribution in [0.3, 0.4) is 0 Å². The first-order valence-electron chi connectivity index (χ1n) is 4.45. The number of hydrogen-bond donors (Lipinski definition) is 1. The highest BCUT2D eigenvalue weighted by molar-refractivity contribution is 5.98. The zero-order valence-electron chi connectivity index (χ0n) is 8.55. The van der Waals surface area contributed by atoms with E-state index < -0.39 is 5.97 Å². The lowest BCUT2D eigenvalue weighted by Crippen LogP contribution is -2.12. The van der Waals surface area contributed by atoms with Crippen LogP contribution < -0.4 is 0 Å². The normalized spacial score (nSPS) is 24.0. The Morgan fingerprint density at radius 1 is 1.15 bits per heavy atom. The van der Waals surface area contributed by atoms with E-state index in [0.29, 0.717) is 0 Å². The van der Waals surface area contributed by atoms with Gasteiger partial charge in [-0.3, -0.25) is 9.59 Å². The van der Waals surface area contributed by atoms with Gasteiger partial charge in [0, 0.05) is 5.92 Å². The maximum atomic E-state index is 11.5. The minimum atomic E-state index is -1.02. The highest BCUT2D eigenvalue weighted by Crippen LogP contribution is 2.68. The molecule has 0 heterocycles. The van der Waals surface area contributed by atoms with Gasteiger partial charge in [0.15, 0.2) is 0 Å². The summed E-state index contributed by atoms with van der Waals surface area (Å²) in [6.07, 6.45) is -0.336. The molecule has 0 amide bonds. The van der Waals surface area contributed by atoms with Crippen molar-refractivity contribution in [2.45, 2.75) is 34.1 Å². The molecule has 1 aliphatic rings. The average Bonchev–Trinajstić information content (AvgIpc) is 2.20. The number of hydrogen-bond acceptors (Lipinski definition) is 2. The van der Waals surface area contributed by atoms with Crippen LogP contribution in [0.25, 0.3) is 0 Å². The first-order chi connectivity index (χ1) is 5.71. The number of carboxylic acid groups (broad SMARTS) is 1. The van der Waals surface area contributed by atoms with E-state index in [1.807, 2.05) is 27.7 Å². The van der Waals surface area contributed by atoms with Crippen molar-refractivity contribution in [3.05, 3.63) is 0 Å². The van der Waals surface area contributed by atoms with E-state index in [2.05, 4.69) is 0 Å². The van der Waals surface area contributed by atoms with Gasteiger partial charge in [-0.1, -0.05) is 27.7 Å². The standard InChI is InChI=1S/C10H16O3/c1-9(2)8(10(9,3)4)6(11)5-7(12)13/h8H,5H2,1-4H3,(H,12,13). The molecular formula is C10H16O3. The van der Waals surface area contributed by atoms with E-state index >= 15 is 0 Å². The molecule has 0 spiro atoms. The third-order valence-electron chi connectivity index (χ3n) is 3.67. The second-order valence-electron chi connectivity index (χ2n) is 4.91. The first-order valence-corrected chi connectivity index (χ1v) is 4.45. The van der Waals surface area contributed by atoms with E-state index in [-0.39, 0.29) is 29.0 Å². The number of aliphatic carboxylic acids is 1. The van der Waals surface area contributed by atoms with Crippen molar-refractivity contribution in [3.8, 4) is 0 Å². The Hall–Kier alpha value is -0.860. The van der Waals surface area contributed by atoms with Crippen molar-refractivity contribution in [1.29, 1.82) is 0 Å². The van der Waals surface area contributed by atoms with Crippen LogP contribution in [0, 0.1) is 16.7 Å². The Balaban J connectivity index is 2.68. The SMILES string of the molecule is CC1(C)C(C(=O)CC(=O)O)C1(C)C. The summed E-state index contributed by atoms with van der Waals surface area (Å²) in [4.78, 5) is 21.8. The molecule has 0 unspecified atom stereocenters. The van der Waals surface area contributed by atoms with Gasteiger partial charge in [0.05, 0.1) is 0 Å². The summed E-state index contributed by atoms with van der Waals surface area (Å²) in [5.74, 6) is -1.25. The van der Waals surface area contributed by atoms with Gasteiger partial charge in [0.2, 0.25) is 0 Å². The van der Waals surface area contributed by atoms with Crippen molar-refractivity contribution in [2.75, 3.05) is 0 Å². The third kappa shape index (κ3) is 1.36. The van der Waals surface area contributed by atoms with Gasteiger partial charge in [-0.15, -0.1) is 0 Å². The van der Waals surface area contributed by atoms with Gasteiger partial charge in [-0.05, 0) is 10.8 Å². The summed E-state index contributed by atoms with van der Waals surface area (Å²) >= 11 is 0. The fraction of sp³-hybridized carbons (Fsp3) is 0.800. The fourth-order valence-electron chi connectivity index (χ4n) is 2.25. The lowest BCUT2D eigenvalue weighted by molar-refractivity contribution is -0.140. The second kappa shape index (κ2) is 2.56. The smallest absolute Gasteiger partial charge is 0.310 e. The van der Waals surface area contributed by atoms with Gasteiger partial charge < -0.3 is 5.11 Å². The van der Waals surface area contributed by atoms with Gasteiger partial charge in [-0.25, -0.2) is 0 Å². The zero-order valence-corrected chi connectivity index (χ0v) is 8.55. The number of Topliss-reactive ketones (excluding diaryl/α,β-unsaturated/α-hetero) is 1. The number of rotatable bonds is 3. The Kier molecular flexibility index (Phi) is 2.02. The van der Waals surface area contributed by atoms with Crippen molar-refractivity contribution < 1.29 is 14.7 Å². The van der Waals surface area contributed by atoms with Crippen LogP contribution in [0.2, 0.25) is 0 Å². The molecule has 1 N–H and O–H groups in total. The molecule has 0 radical (unpaired) electrons. The van der Waals surface area contributed by atoms with Crippen molar-refractivity contribution in [3.63, 3.8) is 0 Å². The average molecular weight is 184 g/mol. The predicted octanol–water partition coefficient (Wildman–Crippen LogP) is 1.71. The summed E-state index contributed by atoms with van der Waals surface area (Å²) in [7, 11) is 0. The first kappa shape index (κ1) is 10.2. The number of carbonyl (C=O) groups excluding carboxylic acids is 1. The summed E-state index contributed by atoms with van der Waals surface area (Å²) in [5, 5.41) is 8.48. The van der Waals surface area contributed by atoms with E-state index in [9.17, 15) is 9.59 Å². The van der Waals surface area contributed by atoms with E-state index in [1.165, 1.54) is 0 Å². The molecule has 1 saturated carbocycles. The molecular weight excluding hydrogens is 168 g/mol. The van der Waals surface area contributed by atoms with Crippen LogP contribution in [-0.4, -0.2) is 16.9 Å². The molecule has 0 atom stereocenters. The predicted molar refractivity (Wildman–Crippen MR) is 48.3 cm³/mol. The van der Waals surface area contributed by atoms with Crippen LogP contribution in [0.15, 0.2) is 0 Å². The molecule has 1 fully saturated rings. The summed E-state index contributed by atoms with van der Waals surface area (Å²) in [6, 6.07) is 0. The number of carboxylic acids is 1. The van der Waals surface area contributed by atoms with Crippen LogP contribution in [0.1, 0.15) is 34.1 Å². The summed E-state index contributed by atoms with van der Waals surface area (Å²) < 4.78 is 0. The van der Waals surface area contributed by atoms with Crippen LogP contribution in [-0.2, 0) is 9.59 Å². The molecule has 0 aromatic carbocycles. The quantitative estimate of drug-likeness (QED) is 0.679. The molecule has 74 valence electrons. The Morgan fingerprint density at radius 2 is 1.54 bits per heavy atom. The summed E-state index contributed by atoms with van der Waals surface area (Å²) in [6.45, 7) is 8.05. The third-order valence-corrected chi connectivity index (χ3v) is 3.67. The Bertz CT molecular complexity index is 249. The highest BCUT2D eigenvalue weighted by atomic mass is 16.4. The Labute approximate surface area is 78.1 Å². The van der Waals surface area contributed by atoms with Crippen LogP contribution in [0.5, 0.6) is 0 Å². The van der Waals surface area contributed by atoms with Gasteiger partial charge in [0.1, 0.15) is 12.2 Å². The molecule has 0 aromatic rings. The Morgan fingerprint density at radius 3 is 1.77 bits per heavy atom. The molecule has 0 aromatic heterocycles. The van der Waals surface area contributed by atoms with Crippen molar-refractivity contribution in [2.24, 2.45) is 16.7 Å². The van der Waals surface area contributed by atoms with Crippen molar-refractivity contribution >= 4 is 11.8 Å². The van der Waals surface area contributed by atoms with Crippen molar-refractivity contribution in [1.82, 2.24) is 0 Å². The van der Waals surface area contributed by atoms with Gasteiger partial charge in [-0.2, -0.15) is 0 Å². The molecule has 0 aliphatic heterocycles. The molecule has 0 bridgehead atoms. The molecule has 3 heteroatoms. The maximum Gasteiger partial charge on any atom is 0.310 e. The monoisotopic (exact) mass is 184 g/mol. The minimum absolute atomic E-state index is 0.0421. The maximum absolute atomic E-state index is 11.5. The highest BCUT2D eigenvalue weighted by Gasteiger charge is 2.67. The zero-order chi connectivity index (χ0) is 10.4. The molecule has 13 heavy (non-hydrogen) atoms. The topological polar surface area (TPSA) is 54.4 Å². The molecule has 3 nitrogen and oxygen atoms in total. The molecule has 0 saturated heterocycles. The van der Waals surface area contributed by atoms with Crippen LogP contribution >= 0.6 is 0 Å². The van der Waals surface area contributed by atoms with E-state index in [0.717, 1.165) is 0 Å². The largest absolute Gasteiger partial charge is 0.481 e. The lowest BCUT2D eigenvalue weighted by Gasteiger charge is -2.03. The molecule has 1 rings (SSSR count). The summed E-state index contributed by atoms with van der Waals surface area (Å²) in [5.41, 5.74) is -0.0843. The van der Waals surface area contributed by atoms with Gasteiger partial charge >= 0.3 is 5.97 Å². The second-order valence-corrected chi connectivity index (χ2v) is 4.91.